The molecular formula is C30H32N8O4. The van der Waals surface area contributed by atoms with Gasteiger partial charge >= 0.3 is 0 Å². The minimum absolute atomic E-state index is 0.116. The Bertz CT molecular complexity index is 1580. The Hall–Kier alpha value is -4.97. The average Bonchev–Trinajstić information content (AvgIpc) is 3.31. The largest absolute Gasteiger partial charge is 0.507 e. The van der Waals surface area contributed by atoms with Crippen molar-refractivity contribution in [3.05, 3.63) is 71.9 Å². The lowest BCUT2D eigenvalue weighted by Crippen LogP contribution is -2.49. The van der Waals surface area contributed by atoms with Gasteiger partial charge in [0.25, 0.3) is 5.91 Å². The Balaban J connectivity index is 1.07. The SMILES string of the molecule is C=C1CCC(N2Cc3c(NC(=O)CN4CCN(c5cc(-c6ccccc6O)nnc5N)CC4)cccc3C2=O)C(=O)N1. The maximum atomic E-state index is 13.1. The number of benzene rings is 2. The molecule has 0 saturated carbocycles. The van der Waals surface area contributed by atoms with Gasteiger partial charge in [0.15, 0.2) is 5.82 Å². The number of aromatic nitrogens is 2. The van der Waals surface area contributed by atoms with Gasteiger partial charge in [-0.25, -0.2) is 0 Å². The molecule has 12 nitrogen and oxygen atoms in total. The Morgan fingerprint density at radius 2 is 1.83 bits per heavy atom. The van der Waals surface area contributed by atoms with E-state index in [2.05, 4.69) is 37.2 Å². The van der Waals surface area contributed by atoms with E-state index in [4.69, 9.17) is 5.73 Å². The molecule has 0 radical (unpaired) electrons. The molecule has 5 N–H and O–H groups in total. The number of phenols is 1. The van der Waals surface area contributed by atoms with Crippen LogP contribution in [0, 0.1) is 0 Å². The van der Waals surface area contributed by atoms with E-state index in [0.29, 0.717) is 73.0 Å². The summed E-state index contributed by atoms with van der Waals surface area (Å²) in [5.41, 5.74) is 10.5. The highest BCUT2D eigenvalue weighted by Crippen LogP contribution is 2.34. The lowest BCUT2D eigenvalue weighted by atomic mass is 10.0. The second kappa shape index (κ2) is 11.1. The molecule has 0 aliphatic carbocycles. The van der Waals surface area contributed by atoms with Crippen molar-refractivity contribution >= 4 is 34.9 Å². The van der Waals surface area contributed by atoms with Gasteiger partial charge in [0.2, 0.25) is 11.8 Å². The van der Waals surface area contributed by atoms with E-state index < -0.39 is 6.04 Å². The lowest BCUT2D eigenvalue weighted by Gasteiger charge is -2.36. The number of piperidine rings is 1. The summed E-state index contributed by atoms with van der Waals surface area (Å²) in [6.45, 7) is 6.77. The fourth-order valence-electron chi connectivity index (χ4n) is 5.79. The van der Waals surface area contributed by atoms with E-state index in [1.165, 1.54) is 0 Å². The minimum Gasteiger partial charge on any atom is -0.507 e. The van der Waals surface area contributed by atoms with Crippen LogP contribution < -0.4 is 21.3 Å². The third kappa shape index (κ3) is 5.23. The summed E-state index contributed by atoms with van der Waals surface area (Å²) < 4.78 is 0. The summed E-state index contributed by atoms with van der Waals surface area (Å²) in [5, 5.41) is 24.2. The molecule has 42 heavy (non-hydrogen) atoms. The van der Waals surface area contributed by atoms with Gasteiger partial charge in [0.1, 0.15) is 11.8 Å². The predicted molar refractivity (Wildman–Crippen MR) is 157 cm³/mol. The zero-order valence-electron chi connectivity index (χ0n) is 23.0. The molecule has 1 atom stereocenters. The van der Waals surface area contributed by atoms with Crippen LogP contribution in [0.15, 0.2) is 60.8 Å². The smallest absolute Gasteiger partial charge is 0.255 e. The summed E-state index contributed by atoms with van der Waals surface area (Å²) in [6, 6.07) is 13.5. The van der Waals surface area contributed by atoms with Crippen molar-refractivity contribution in [3.63, 3.8) is 0 Å². The minimum atomic E-state index is -0.561. The maximum absolute atomic E-state index is 13.1. The van der Waals surface area contributed by atoms with Crippen molar-refractivity contribution in [2.45, 2.75) is 25.4 Å². The number of nitrogens with one attached hydrogen (secondary N) is 2. The van der Waals surface area contributed by atoms with Gasteiger partial charge in [-0.1, -0.05) is 24.8 Å². The molecule has 3 aliphatic heterocycles. The molecule has 2 saturated heterocycles. The van der Waals surface area contributed by atoms with Gasteiger partial charge in [0, 0.05) is 60.8 Å². The van der Waals surface area contributed by atoms with Gasteiger partial charge in [-0.3, -0.25) is 19.3 Å². The summed E-state index contributed by atoms with van der Waals surface area (Å²) in [5.74, 6) is -0.194. The second-order valence-electron chi connectivity index (χ2n) is 10.7. The standard InChI is InChI=1S/C30H32N8O4/c1-18-9-10-24(29(41)32-18)38-16-21-19(30(38)42)6-4-7-22(21)33-27(40)17-36-11-13-37(14-12-36)25-15-23(34-35-28(25)31)20-5-2-3-8-26(20)39/h2-8,15,24,39H,1,9-14,16-17H2,(H2,31,35)(H,32,41)(H,33,40). The fourth-order valence-corrected chi connectivity index (χ4v) is 5.79. The van der Waals surface area contributed by atoms with E-state index in [0.717, 1.165) is 11.3 Å². The van der Waals surface area contributed by atoms with E-state index in [1.54, 1.807) is 41.3 Å². The van der Waals surface area contributed by atoms with Crippen LogP contribution in [0.25, 0.3) is 11.3 Å². The third-order valence-electron chi connectivity index (χ3n) is 8.03. The number of hydrogen-bond donors (Lipinski definition) is 4. The summed E-state index contributed by atoms with van der Waals surface area (Å²) in [7, 11) is 0. The summed E-state index contributed by atoms with van der Waals surface area (Å²) in [6.07, 6.45) is 1.14. The molecule has 2 aromatic carbocycles. The van der Waals surface area contributed by atoms with E-state index in [-0.39, 0.29) is 36.6 Å². The number of para-hydroxylation sites is 1. The van der Waals surface area contributed by atoms with Crippen LogP contribution in [0.3, 0.4) is 0 Å². The van der Waals surface area contributed by atoms with E-state index in [9.17, 15) is 19.5 Å². The van der Waals surface area contributed by atoms with Crippen LogP contribution in [0.4, 0.5) is 17.2 Å². The van der Waals surface area contributed by atoms with Gasteiger partial charge < -0.3 is 31.3 Å². The van der Waals surface area contributed by atoms with Gasteiger partial charge in [-0.2, -0.15) is 0 Å². The van der Waals surface area contributed by atoms with E-state index in [1.807, 2.05) is 12.1 Å². The van der Waals surface area contributed by atoms with Crippen molar-refractivity contribution < 1.29 is 19.5 Å². The quantitative estimate of drug-likeness (QED) is 0.349. The number of hydrogen-bond acceptors (Lipinski definition) is 9. The average molecular weight is 569 g/mol. The molecule has 6 rings (SSSR count). The number of nitrogens with zero attached hydrogens (tertiary/aromatic N) is 5. The number of nitrogens with two attached hydrogens (primary N) is 1. The first kappa shape index (κ1) is 27.2. The molecule has 216 valence electrons. The number of allylic oxidation sites excluding steroid dienone is 1. The third-order valence-corrected chi connectivity index (χ3v) is 8.03. The number of anilines is 3. The zero-order valence-corrected chi connectivity index (χ0v) is 23.0. The van der Waals surface area contributed by atoms with Crippen LogP contribution in [0.2, 0.25) is 0 Å². The Labute approximate surface area is 242 Å². The molecule has 0 spiro atoms. The van der Waals surface area contributed by atoms with Gasteiger partial charge in [-0.15, -0.1) is 10.2 Å². The summed E-state index contributed by atoms with van der Waals surface area (Å²) in [4.78, 5) is 44.5. The Kier molecular flexibility index (Phi) is 7.21. The Morgan fingerprint density at radius 3 is 2.60 bits per heavy atom. The normalized spacial score (nSPS) is 19.0. The highest BCUT2D eigenvalue weighted by atomic mass is 16.3. The second-order valence-corrected chi connectivity index (χ2v) is 10.7. The Morgan fingerprint density at radius 1 is 1.07 bits per heavy atom. The molecule has 1 unspecified atom stereocenters. The molecule has 3 amide bonds. The predicted octanol–water partition coefficient (Wildman–Crippen LogP) is 1.94. The molecule has 12 heteroatoms. The van der Waals surface area contributed by atoms with Crippen molar-refractivity contribution in [1.29, 1.82) is 0 Å². The van der Waals surface area contributed by atoms with Crippen LogP contribution in [-0.4, -0.2) is 81.6 Å². The number of rotatable bonds is 6. The topological polar surface area (TPSA) is 157 Å². The first-order valence-corrected chi connectivity index (χ1v) is 13.9. The van der Waals surface area contributed by atoms with Gasteiger partial charge in [0.05, 0.1) is 17.9 Å². The molecular weight excluding hydrogens is 536 g/mol. The van der Waals surface area contributed by atoms with E-state index >= 15 is 0 Å². The molecule has 0 bridgehead atoms. The molecule has 3 aliphatic rings. The van der Waals surface area contributed by atoms with Crippen molar-refractivity contribution in [3.8, 4) is 17.0 Å². The van der Waals surface area contributed by atoms with Crippen molar-refractivity contribution in [2.75, 3.05) is 48.7 Å². The summed E-state index contributed by atoms with van der Waals surface area (Å²) >= 11 is 0. The maximum Gasteiger partial charge on any atom is 0.255 e. The zero-order chi connectivity index (χ0) is 29.4. The first-order chi connectivity index (χ1) is 20.3. The van der Waals surface area contributed by atoms with Crippen LogP contribution in [-0.2, 0) is 16.1 Å². The van der Waals surface area contributed by atoms with Crippen LogP contribution in [0.1, 0.15) is 28.8 Å². The fraction of sp³-hybridized carbons (Fsp3) is 0.300. The molecule has 3 aromatic rings. The number of carbonyl (C=O) groups is 3. The lowest BCUT2D eigenvalue weighted by molar-refractivity contribution is -0.126. The van der Waals surface area contributed by atoms with Crippen LogP contribution >= 0.6 is 0 Å². The highest BCUT2D eigenvalue weighted by molar-refractivity contribution is 6.04. The molecule has 4 heterocycles. The van der Waals surface area contributed by atoms with Crippen molar-refractivity contribution in [2.24, 2.45) is 0 Å². The van der Waals surface area contributed by atoms with Gasteiger partial charge in [-0.05, 0) is 43.2 Å². The monoisotopic (exact) mass is 568 g/mol. The van der Waals surface area contributed by atoms with Crippen molar-refractivity contribution in [1.82, 2.24) is 25.3 Å². The molecule has 2 fully saturated rings. The molecule has 1 aromatic heterocycles. The first-order valence-electron chi connectivity index (χ1n) is 13.9. The number of carbonyl (C=O) groups excluding carboxylic acids is 3. The number of amides is 3. The number of aromatic hydroxyl groups is 1. The number of fused-ring (bicyclic) bond motifs is 1. The number of piperazine rings is 1. The number of nitrogen functional groups attached to an aromatic ring is 1. The highest BCUT2D eigenvalue weighted by Gasteiger charge is 2.39. The number of phenolic OH excluding ortho intramolecular Hbond substituents is 1. The van der Waals surface area contributed by atoms with Crippen LogP contribution in [0.5, 0.6) is 5.75 Å².